The quantitative estimate of drug-likeness (QED) is 0.875. The van der Waals surface area contributed by atoms with E-state index in [9.17, 15) is 4.79 Å². The average Bonchev–Trinajstić information content (AvgIpc) is 2.46. The number of amides is 1. The number of carbonyl (C=O) groups excluding carboxylic acids is 1. The molecule has 1 aliphatic heterocycles. The molecule has 1 saturated heterocycles. The van der Waals surface area contributed by atoms with Gasteiger partial charge >= 0.3 is 0 Å². The first kappa shape index (κ1) is 17.7. The number of piperazine rings is 1. The Morgan fingerprint density at radius 1 is 1.33 bits per heavy atom. The summed E-state index contributed by atoms with van der Waals surface area (Å²) in [6.07, 6.45) is 1.77. The van der Waals surface area contributed by atoms with Crippen LogP contribution in [0.25, 0.3) is 10.9 Å². The molecule has 0 radical (unpaired) electrons. The minimum atomic E-state index is 0. The van der Waals surface area contributed by atoms with E-state index in [-0.39, 0.29) is 36.8 Å². The zero-order valence-electron chi connectivity index (χ0n) is 11.8. The number of halogens is 2. The molecule has 1 atom stereocenters. The summed E-state index contributed by atoms with van der Waals surface area (Å²) >= 11 is 0. The molecule has 4 nitrogen and oxygen atoms in total. The predicted molar refractivity (Wildman–Crippen MR) is 89.6 cm³/mol. The Morgan fingerprint density at radius 2 is 2.14 bits per heavy atom. The minimum Gasteiger partial charge on any atom is -0.333 e. The number of rotatable bonds is 1. The summed E-state index contributed by atoms with van der Waals surface area (Å²) in [5.41, 5.74) is 1.67. The van der Waals surface area contributed by atoms with Gasteiger partial charge in [-0.15, -0.1) is 24.8 Å². The molecular weight excluding hydrogens is 309 g/mol. The maximum atomic E-state index is 12.5. The molecule has 114 valence electrons. The molecule has 3 rings (SSSR count). The summed E-state index contributed by atoms with van der Waals surface area (Å²) in [5.74, 6) is 0.111. The third-order valence-corrected chi connectivity index (χ3v) is 3.61. The van der Waals surface area contributed by atoms with E-state index in [2.05, 4.69) is 17.2 Å². The van der Waals surface area contributed by atoms with Gasteiger partial charge in [0.25, 0.3) is 5.91 Å². The van der Waals surface area contributed by atoms with Gasteiger partial charge in [-0.25, -0.2) is 0 Å². The molecule has 1 amide bonds. The molecule has 6 heteroatoms. The molecule has 1 fully saturated rings. The summed E-state index contributed by atoms with van der Waals surface area (Å²) in [6, 6.07) is 9.83. The molecule has 0 unspecified atom stereocenters. The van der Waals surface area contributed by atoms with Crippen LogP contribution >= 0.6 is 24.8 Å². The van der Waals surface area contributed by atoms with Crippen molar-refractivity contribution in [1.82, 2.24) is 15.2 Å². The maximum absolute atomic E-state index is 12.5. The second-order valence-electron chi connectivity index (χ2n) is 4.96. The van der Waals surface area contributed by atoms with E-state index in [0.29, 0.717) is 0 Å². The molecule has 2 aromatic rings. The van der Waals surface area contributed by atoms with Crippen LogP contribution in [0.3, 0.4) is 0 Å². The lowest BCUT2D eigenvalue weighted by atomic mass is 10.1. The fraction of sp³-hybridized carbons (Fsp3) is 0.333. The minimum absolute atomic E-state index is 0. The number of aromatic nitrogens is 1. The van der Waals surface area contributed by atoms with Gasteiger partial charge in [-0.2, -0.15) is 0 Å². The molecular formula is C15H19Cl2N3O. The van der Waals surface area contributed by atoms with E-state index in [0.717, 1.165) is 36.1 Å². The lowest BCUT2D eigenvalue weighted by molar-refractivity contribution is 0.0656. The van der Waals surface area contributed by atoms with Crippen molar-refractivity contribution in [3.63, 3.8) is 0 Å². The van der Waals surface area contributed by atoms with Crippen LogP contribution in [0.15, 0.2) is 36.5 Å². The Labute approximate surface area is 136 Å². The van der Waals surface area contributed by atoms with Crippen LogP contribution in [0, 0.1) is 0 Å². The summed E-state index contributed by atoms with van der Waals surface area (Å²) < 4.78 is 0. The standard InChI is InChI=1S/C15H17N3O.2ClH/c1-11-10-16-7-8-18(11)15(19)13-4-5-14-12(9-13)3-2-6-17-14;;/h2-6,9,11,16H,7-8,10H2,1H3;2*1H/t11-;;/m1../s1. The molecule has 0 spiro atoms. The van der Waals surface area contributed by atoms with Crippen molar-refractivity contribution in [2.45, 2.75) is 13.0 Å². The maximum Gasteiger partial charge on any atom is 0.254 e. The molecule has 0 saturated carbocycles. The largest absolute Gasteiger partial charge is 0.333 e. The number of hydrogen-bond donors (Lipinski definition) is 1. The fourth-order valence-corrected chi connectivity index (χ4v) is 2.52. The molecule has 2 heterocycles. The molecule has 1 N–H and O–H groups in total. The Kier molecular flexibility index (Phi) is 6.40. The first-order valence-electron chi connectivity index (χ1n) is 6.62. The van der Waals surface area contributed by atoms with E-state index < -0.39 is 0 Å². The summed E-state index contributed by atoms with van der Waals surface area (Å²) in [4.78, 5) is 18.7. The van der Waals surface area contributed by atoms with E-state index in [1.54, 1.807) is 6.20 Å². The van der Waals surface area contributed by atoms with E-state index in [1.165, 1.54) is 0 Å². The summed E-state index contributed by atoms with van der Waals surface area (Å²) in [6.45, 7) is 4.57. The summed E-state index contributed by atoms with van der Waals surface area (Å²) in [7, 11) is 0. The number of carbonyl (C=O) groups is 1. The van der Waals surface area contributed by atoms with Crippen LogP contribution in [-0.4, -0.2) is 41.5 Å². The van der Waals surface area contributed by atoms with Gasteiger partial charge in [-0.3, -0.25) is 9.78 Å². The Morgan fingerprint density at radius 3 is 2.90 bits per heavy atom. The third kappa shape index (κ3) is 3.64. The van der Waals surface area contributed by atoms with Gasteiger partial charge in [-0.1, -0.05) is 6.07 Å². The van der Waals surface area contributed by atoms with Crippen LogP contribution in [0.2, 0.25) is 0 Å². The second-order valence-corrected chi connectivity index (χ2v) is 4.96. The third-order valence-electron chi connectivity index (χ3n) is 3.61. The normalized spacial score (nSPS) is 17.8. The number of fused-ring (bicyclic) bond motifs is 1. The van der Waals surface area contributed by atoms with E-state index >= 15 is 0 Å². The molecule has 1 aliphatic rings. The first-order valence-corrected chi connectivity index (χ1v) is 6.62. The van der Waals surface area contributed by atoms with Crippen LogP contribution in [0.1, 0.15) is 17.3 Å². The van der Waals surface area contributed by atoms with E-state index in [1.807, 2.05) is 35.2 Å². The molecule has 1 aromatic heterocycles. The van der Waals surface area contributed by atoms with Crippen LogP contribution in [0.5, 0.6) is 0 Å². The lowest BCUT2D eigenvalue weighted by Crippen LogP contribution is -2.52. The highest BCUT2D eigenvalue weighted by molar-refractivity contribution is 5.98. The van der Waals surface area contributed by atoms with Gasteiger partial charge in [0.05, 0.1) is 5.52 Å². The Balaban J connectivity index is 0.00000110. The lowest BCUT2D eigenvalue weighted by Gasteiger charge is -2.34. The Hall–Kier alpha value is -1.36. The van der Waals surface area contributed by atoms with Crippen LogP contribution in [-0.2, 0) is 0 Å². The predicted octanol–water partition coefficient (Wildman–Crippen LogP) is 2.51. The van der Waals surface area contributed by atoms with Crippen molar-refractivity contribution in [2.75, 3.05) is 19.6 Å². The smallest absolute Gasteiger partial charge is 0.254 e. The average molecular weight is 328 g/mol. The van der Waals surface area contributed by atoms with Gasteiger partial charge in [-0.05, 0) is 31.2 Å². The number of nitrogens with zero attached hydrogens (tertiary/aromatic N) is 2. The fourth-order valence-electron chi connectivity index (χ4n) is 2.52. The van der Waals surface area contributed by atoms with Crippen LogP contribution < -0.4 is 5.32 Å². The van der Waals surface area contributed by atoms with E-state index in [4.69, 9.17) is 0 Å². The number of pyridine rings is 1. The van der Waals surface area contributed by atoms with Gasteiger partial charge in [0.2, 0.25) is 0 Å². The van der Waals surface area contributed by atoms with Crippen molar-refractivity contribution in [3.05, 3.63) is 42.1 Å². The second kappa shape index (κ2) is 7.59. The van der Waals surface area contributed by atoms with Crippen molar-refractivity contribution in [3.8, 4) is 0 Å². The molecule has 21 heavy (non-hydrogen) atoms. The highest BCUT2D eigenvalue weighted by atomic mass is 35.5. The molecule has 0 aliphatic carbocycles. The zero-order chi connectivity index (χ0) is 13.2. The number of benzene rings is 1. The highest BCUT2D eigenvalue weighted by Crippen LogP contribution is 2.16. The molecule has 0 bridgehead atoms. The van der Waals surface area contributed by atoms with Gasteiger partial charge in [0.1, 0.15) is 0 Å². The van der Waals surface area contributed by atoms with Crippen LogP contribution in [0.4, 0.5) is 0 Å². The van der Waals surface area contributed by atoms with Gasteiger partial charge < -0.3 is 10.2 Å². The first-order chi connectivity index (χ1) is 9.25. The monoisotopic (exact) mass is 327 g/mol. The highest BCUT2D eigenvalue weighted by Gasteiger charge is 2.23. The number of hydrogen-bond acceptors (Lipinski definition) is 3. The van der Waals surface area contributed by atoms with Gasteiger partial charge in [0.15, 0.2) is 0 Å². The topological polar surface area (TPSA) is 45.2 Å². The SMILES string of the molecule is C[C@@H]1CNCCN1C(=O)c1ccc2ncccc2c1.Cl.Cl. The van der Waals surface area contributed by atoms with Crippen molar-refractivity contribution < 1.29 is 4.79 Å². The molecule has 1 aromatic carbocycles. The van der Waals surface area contributed by atoms with Crippen molar-refractivity contribution >= 4 is 41.6 Å². The van der Waals surface area contributed by atoms with Crippen molar-refractivity contribution in [1.29, 1.82) is 0 Å². The van der Waals surface area contributed by atoms with Crippen molar-refractivity contribution in [2.24, 2.45) is 0 Å². The summed E-state index contributed by atoms with van der Waals surface area (Å²) in [5, 5.41) is 4.31. The Bertz CT molecular complexity index is 621. The zero-order valence-corrected chi connectivity index (χ0v) is 13.4. The number of nitrogens with one attached hydrogen (secondary N) is 1. The van der Waals surface area contributed by atoms with Gasteiger partial charge in [0, 0.05) is 42.8 Å².